The Morgan fingerprint density at radius 1 is 0.871 bits per heavy atom. The Morgan fingerprint density at radius 2 is 1.35 bits per heavy atom. The molecule has 0 spiro atoms. The molecule has 170 valence electrons. The van der Waals surface area contributed by atoms with Gasteiger partial charge in [-0.15, -0.1) is 0 Å². The summed E-state index contributed by atoms with van der Waals surface area (Å²) in [6.07, 6.45) is -0.684. The Morgan fingerprint density at radius 3 is 1.81 bits per heavy atom. The number of carbonyl (C=O) groups excluding carboxylic acids is 2. The van der Waals surface area contributed by atoms with Crippen molar-refractivity contribution in [2.75, 3.05) is 10.6 Å². The molecule has 1 heterocycles. The molecule has 0 atom stereocenters. The van der Waals surface area contributed by atoms with Crippen LogP contribution in [0.1, 0.15) is 55.4 Å². The average molecular weight is 433 g/mol. The molecule has 0 saturated heterocycles. The molecule has 1 aromatic heterocycles. The molecule has 31 heavy (non-hydrogen) atoms. The number of anilines is 2. The van der Waals surface area contributed by atoms with Crippen LogP contribution in [-0.4, -0.2) is 33.4 Å². The number of aromatic nitrogens is 2. The highest BCUT2D eigenvalue weighted by atomic mass is 16.6. The third-order valence-corrected chi connectivity index (χ3v) is 3.11. The quantitative estimate of drug-likeness (QED) is 0.627. The first kappa shape index (κ1) is 25.7. The molecule has 0 bridgehead atoms. The molecule has 2 N–H and O–H groups in total. The van der Waals surface area contributed by atoms with Crippen molar-refractivity contribution in [3.63, 3.8) is 0 Å². The van der Waals surface area contributed by atoms with Crippen LogP contribution < -0.4 is 15.4 Å². The van der Waals surface area contributed by atoms with Gasteiger partial charge in [0, 0.05) is 11.8 Å². The van der Waals surface area contributed by atoms with E-state index in [1.54, 1.807) is 65.8 Å². The molecule has 1 aromatic carbocycles. The number of benzene rings is 1. The molecular formula is C22H32N4O5. The number of amides is 2. The monoisotopic (exact) mass is 432 g/mol. The second kappa shape index (κ2) is 10.6. The smallest absolute Gasteiger partial charge is 0.425 e. The fraction of sp³-hybridized carbons (Fsp3) is 0.455. The molecule has 0 radical (unpaired) electrons. The van der Waals surface area contributed by atoms with Crippen molar-refractivity contribution >= 4 is 23.7 Å². The predicted octanol–water partition coefficient (Wildman–Crippen LogP) is 5.55. The Labute approximate surface area is 183 Å². The summed E-state index contributed by atoms with van der Waals surface area (Å²) in [5.74, 6) is 0.552. The van der Waals surface area contributed by atoms with Crippen LogP contribution >= 0.6 is 0 Å². The number of nitrogen functional groups attached to an aromatic ring is 1. The maximum atomic E-state index is 12.7. The molecule has 9 nitrogen and oxygen atoms in total. The summed E-state index contributed by atoms with van der Waals surface area (Å²) in [7, 11) is 0. The van der Waals surface area contributed by atoms with Crippen LogP contribution in [0.5, 0.6) is 11.6 Å². The van der Waals surface area contributed by atoms with Gasteiger partial charge in [-0.2, -0.15) is 4.90 Å². The molecule has 9 heteroatoms. The van der Waals surface area contributed by atoms with Crippen LogP contribution in [0, 0.1) is 0 Å². The predicted molar refractivity (Wildman–Crippen MR) is 119 cm³/mol. The van der Waals surface area contributed by atoms with Crippen LogP contribution in [-0.2, 0) is 9.47 Å². The van der Waals surface area contributed by atoms with Crippen LogP contribution in [0.4, 0.5) is 21.1 Å². The second-order valence-electron chi connectivity index (χ2n) is 8.18. The lowest BCUT2D eigenvalue weighted by molar-refractivity contribution is 0.0429. The summed E-state index contributed by atoms with van der Waals surface area (Å²) in [6.45, 7) is 14.1. The van der Waals surface area contributed by atoms with Crippen LogP contribution in [0.3, 0.4) is 0 Å². The average Bonchev–Trinajstić information content (AvgIpc) is 2.63. The summed E-state index contributed by atoms with van der Waals surface area (Å²) in [6, 6.07) is 8.01. The molecule has 2 rings (SSSR count). The van der Waals surface area contributed by atoms with Gasteiger partial charge in [0.25, 0.3) is 0 Å². The van der Waals surface area contributed by atoms with E-state index in [4.69, 9.17) is 19.9 Å². The number of hydrogen-bond acceptors (Lipinski definition) is 8. The van der Waals surface area contributed by atoms with E-state index in [2.05, 4.69) is 9.97 Å². The maximum absolute atomic E-state index is 12.7. The molecule has 0 aliphatic heterocycles. The maximum Gasteiger partial charge on any atom is 0.425 e. The first-order valence-corrected chi connectivity index (χ1v) is 9.95. The van der Waals surface area contributed by atoms with E-state index in [0.717, 1.165) is 0 Å². The van der Waals surface area contributed by atoms with E-state index in [0.29, 0.717) is 16.3 Å². The largest absolute Gasteiger partial charge is 0.443 e. The van der Waals surface area contributed by atoms with Crippen molar-refractivity contribution in [2.24, 2.45) is 0 Å². The van der Waals surface area contributed by atoms with Gasteiger partial charge in [0.2, 0.25) is 5.88 Å². The summed E-state index contributed by atoms with van der Waals surface area (Å²) in [5, 5.41) is 0. The number of nitrogens with two attached hydrogens (primary N) is 1. The minimum absolute atomic E-state index is 0.0473. The summed E-state index contributed by atoms with van der Waals surface area (Å²) in [4.78, 5) is 34.1. The van der Waals surface area contributed by atoms with Gasteiger partial charge in [-0.25, -0.2) is 19.6 Å². The minimum Gasteiger partial charge on any atom is -0.443 e. The number of rotatable bonds is 3. The van der Waals surface area contributed by atoms with Crippen molar-refractivity contribution in [1.29, 1.82) is 0 Å². The Bertz CT molecular complexity index is 843. The summed E-state index contributed by atoms with van der Waals surface area (Å²) in [5.41, 5.74) is 4.59. The minimum atomic E-state index is -0.927. The van der Waals surface area contributed by atoms with Crippen molar-refractivity contribution in [3.8, 4) is 11.6 Å². The van der Waals surface area contributed by atoms with Gasteiger partial charge in [-0.3, -0.25) is 0 Å². The third-order valence-electron chi connectivity index (χ3n) is 3.11. The van der Waals surface area contributed by atoms with E-state index in [-0.39, 0.29) is 11.7 Å². The standard InChI is InChI=1S/C20H26N4O5.C2H6/c1-19(2,3)28-17(25)24(18(26)29-20(4,5)6)15-11-16(23-12-22-15)27-14-9-7-13(21)8-10-14;1-2/h7-12H,21H2,1-6H3;1-2H3. The highest BCUT2D eigenvalue weighted by Crippen LogP contribution is 2.25. The highest BCUT2D eigenvalue weighted by molar-refractivity contribution is 6.08. The number of carbonyl (C=O) groups is 2. The van der Waals surface area contributed by atoms with Crippen molar-refractivity contribution in [1.82, 2.24) is 9.97 Å². The number of nitrogens with zero attached hydrogens (tertiary/aromatic N) is 3. The number of imide groups is 1. The zero-order valence-corrected chi connectivity index (χ0v) is 19.4. The van der Waals surface area contributed by atoms with Crippen LogP contribution in [0.15, 0.2) is 36.7 Å². The van der Waals surface area contributed by atoms with Gasteiger partial charge >= 0.3 is 12.2 Å². The van der Waals surface area contributed by atoms with Gasteiger partial charge in [-0.05, 0) is 65.8 Å². The topological polar surface area (TPSA) is 117 Å². The number of hydrogen-bond donors (Lipinski definition) is 1. The molecule has 2 aromatic rings. The Kier molecular flexibility index (Phi) is 8.78. The van der Waals surface area contributed by atoms with Gasteiger partial charge in [0.1, 0.15) is 23.3 Å². The SMILES string of the molecule is CC.CC(C)(C)OC(=O)N(C(=O)OC(C)(C)C)c1cc(Oc2ccc(N)cc2)ncn1. The lowest BCUT2D eigenvalue weighted by Gasteiger charge is -2.28. The van der Waals surface area contributed by atoms with Crippen molar-refractivity contribution in [3.05, 3.63) is 36.7 Å². The van der Waals surface area contributed by atoms with Gasteiger partial charge in [-0.1, -0.05) is 13.8 Å². The molecular weight excluding hydrogens is 400 g/mol. The van der Waals surface area contributed by atoms with E-state index >= 15 is 0 Å². The van der Waals surface area contributed by atoms with Crippen molar-refractivity contribution < 1.29 is 23.8 Å². The Balaban J connectivity index is 0.00000233. The number of ether oxygens (including phenoxy) is 3. The summed E-state index contributed by atoms with van der Waals surface area (Å²) >= 11 is 0. The summed E-state index contributed by atoms with van der Waals surface area (Å²) < 4.78 is 16.3. The fourth-order valence-corrected chi connectivity index (χ4v) is 2.04. The second-order valence-corrected chi connectivity index (χ2v) is 8.18. The van der Waals surface area contributed by atoms with Gasteiger partial charge < -0.3 is 19.9 Å². The van der Waals surface area contributed by atoms with E-state index in [9.17, 15) is 9.59 Å². The molecule has 2 amide bonds. The highest BCUT2D eigenvalue weighted by Gasteiger charge is 2.33. The van der Waals surface area contributed by atoms with Gasteiger partial charge in [0.15, 0.2) is 5.82 Å². The van der Waals surface area contributed by atoms with Gasteiger partial charge in [0.05, 0.1) is 0 Å². The van der Waals surface area contributed by atoms with Crippen LogP contribution in [0.2, 0.25) is 0 Å². The van der Waals surface area contributed by atoms with Crippen LogP contribution in [0.25, 0.3) is 0 Å². The van der Waals surface area contributed by atoms with E-state index in [1.165, 1.54) is 12.4 Å². The fourth-order valence-electron chi connectivity index (χ4n) is 2.04. The molecule has 0 fully saturated rings. The lowest BCUT2D eigenvalue weighted by atomic mass is 10.2. The Hall–Kier alpha value is -3.36. The molecule has 0 unspecified atom stereocenters. The third kappa shape index (κ3) is 8.90. The normalized spacial score (nSPS) is 11.0. The first-order chi connectivity index (χ1) is 14.3. The zero-order valence-electron chi connectivity index (χ0n) is 19.4. The molecule has 0 saturated carbocycles. The molecule has 0 aliphatic rings. The van der Waals surface area contributed by atoms with Crippen molar-refractivity contribution in [2.45, 2.75) is 66.6 Å². The zero-order chi connectivity index (χ0) is 23.8. The van der Waals surface area contributed by atoms with E-state index < -0.39 is 23.4 Å². The lowest BCUT2D eigenvalue weighted by Crippen LogP contribution is -2.44. The van der Waals surface area contributed by atoms with E-state index in [1.807, 2.05) is 13.8 Å². The first-order valence-electron chi connectivity index (χ1n) is 9.95. The molecule has 0 aliphatic carbocycles.